The van der Waals surface area contributed by atoms with Crippen LogP contribution in [0.2, 0.25) is 0 Å². The number of nitrogens with zero attached hydrogens (tertiary/aromatic N) is 3. The first-order valence-electron chi connectivity index (χ1n) is 4.42. The second-order valence-corrected chi connectivity index (χ2v) is 3.58. The molecule has 1 aromatic heterocycles. The molecule has 1 atom stereocenters. The van der Waals surface area contributed by atoms with E-state index in [1.807, 2.05) is 0 Å². The van der Waals surface area contributed by atoms with E-state index in [4.69, 9.17) is 5.73 Å². The Hall–Kier alpha value is -0.970. The first-order chi connectivity index (χ1) is 6.18. The van der Waals surface area contributed by atoms with Crippen LogP contribution in [0.25, 0.3) is 0 Å². The zero-order valence-electron chi connectivity index (χ0n) is 7.57. The summed E-state index contributed by atoms with van der Waals surface area (Å²) in [6.45, 7) is 0.0128. The molecule has 1 unspecified atom stereocenters. The summed E-state index contributed by atoms with van der Waals surface area (Å²) in [5.74, 6) is 0.0645. The van der Waals surface area contributed by atoms with Crippen LogP contribution in [-0.4, -0.2) is 21.5 Å². The van der Waals surface area contributed by atoms with E-state index in [9.17, 15) is 4.39 Å². The summed E-state index contributed by atoms with van der Waals surface area (Å²) in [5.41, 5.74) is 4.54. The average molecular weight is 184 g/mol. The molecule has 4 nitrogen and oxygen atoms in total. The fourth-order valence-corrected chi connectivity index (χ4v) is 1.69. The Labute approximate surface area is 75.9 Å². The van der Waals surface area contributed by atoms with Gasteiger partial charge in [-0.05, 0) is 12.8 Å². The molecule has 1 saturated carbocycles. The summed E-state index contributed by atoms with van der Waals surface area (Å²) in [6, 6.07) is 0. The Morgan fingerprint density at radius 1 is 1.77 bits per heavy atom. The topological polar surface area (TPSA) is 56.7 Å². The zero-order valence-corrected chi connectivity index (χ0v) is 7.57. The molecule has 0 spiro atoms. The van der Waals surface area contributed by atoms with E-state index >= 15 is 0 Å². The van der Waals surface area contributed by atoms with Crippen LogP contribution in [0, 0.1) is 5.92 Å². The highest BCUT2D eigenvalue weighted by Gasteiger charge is 2.48. The molecule has 0 aromatic carbocycles. The number of hydrogen-bond acceptors (Lipinski definition) is 3. The Bertz CT molecular complexity index is 307. The van der Waals surface area contributed by atoms with E-state index in [-0.39, 0.29) is 12.5 Å². The Morgan fingerprint density at radius 2 is 2.46 bits per heavy atom. The quantitative estimate of drug-likeness (QED) is 0.737. The monoisotopic (exact) mass is 184 g/mol. The third-order valence-electron chi connectivity index (χ3n) is 2.66. The molecule has 1 fully saturated rings. The summed E-state index contributed by atoms with van der Waals surface area (Å²) in [4.78, 5) is 0. The van der Waals surface area contributed by atoms with E-state index in [1.54, 1.807) is 7.05 Å². The second kappa shape index (κ2) is 2.77. The molecule has 0 aliphatic heterocycles. The molecule has 1 aliphatic rings. The van der Waals surface area contributed by atoms with Crippen molar-refractivity contribution in [2.45, 2.75) is 18.5 Å². The molecule has 0 radical (unpaired) electrons. The Balaban J connectivity index is 2.35. The van der Waals surface area contributed by atoms with E-state index in [2.05, 4.69) is 10.3 Å². The SMILES string of the molecule is Cn1nncc1C(F)(CN)C1CC1. The average Bonchev–Trinajstić information content (AvgIpc) is 2.89. The molecule has 1 aromatic rings. The lowest BCUT2D eigenvalue weighted by Crippen LogP contribution is -2.34. The van der Waals surface area contributed by atoms with Crippen molar-refractivity contribution in [1.82, 2.24) is 15.0 Å². The number of rotatable bonds is 3. The molecule has 2 rings (SSSR count). The van der Waals surface area contributed by atoms with Gasteiger partial charge in [-0.2, -0.15) is 0 Å². The lowest BCUT2D eigenvalue weighted by molar-refractivity contribution is 0.131. The lowest BCUT2D eigenvalue weighted by atomic mass is 9.96. The minimum Gasteiger partial charge on any atom is -0.327 e. The van der Waals surface area contributed by atoms with E-state index in [0.717, 1.165) is 12.8 Å². The predicted octanol–water partition coefficient (Wildman–Crippen LogP) is 0.349. The highest BCUT2D eigenvalue weighted by Crippen LogP contribution is 2.47. The molecule has 13 heavy (non-hydrogen) atoms. The van der Waals surface area contributed by atoms with Crippen molar-refractivity contribution >= 4 is 0 Å². The standard InChI is InChI=1S/C8H13FN4/c1-13-7(4-11-12-13)8(9,5-10)6-2-3-6/h4,6H,2-3,5,10H2,1H3. The molecule has 72 valence electrons. The molecule has 5 heteroatoms. The summed E-state index contributed by atoms with van der Waals surface area (Å²) >= 11 is 0. The molecule has 0 amide bonds. The lowest BCUT2D eigenvalue weighted by Gasteiger charge is -2.22. The van der Waals surface area contributed by atoms with Gasteiger partial charge in [0, 0.05) is 19.5 Å². The van der Waals surface area contributed by atoms with Gasteiger partial charge in [0.25, 0.3) is 0 Å². The van der Waals surface area contributed by atoms with Crippen LogP contribution in [0.5, 0.6) is 0 Å². The molecular weight excluding hydrogens is 171 g/mol. The molecule has 1 aliphatic carbocycles. The van der Waals surface area contributed by atoms with Gasteiger partial charge >= 0.3 is 0 Å². The van der Waals surface area contributed by atoms with Crippen molar-refractivity contribution in [3.8, 4) is 0 Å². The van der Waals surface area contributed by atoms with Crippen LogP contribution >= 0.6 is 0 Å². The van der Waals surface area contributed by atoms with E-state index in [1.165, 1.54) is 10.9 Å². The van der Waals surface area contributed by atoms with E-state index in [0.29, 0.717) is 5.69 Å². The van der Waals surface area contributed by atoms with E-state index < -0.39 is 5.67 Å². The first kappa shape index (κ1) is 8.62. The summed E-state index contributed by atoms with van der Waals surface area (Å²) in [5, 5.41) is 7.38. The van der Waals surface area contributed by atoms with Crippen LogP contribution in [0.15, 0.2) is 6.20 Å². The molecule has 0 bridgehead atoms. The van der Waals surface area contributed by atoms with Crippen LogP contribution in [0.4, 0.5) is 4.39 Å². The largest absolute Gasteiger partial charge is 0.327 e. The third kappa shape index (κ3) is 1.23. The van der Waals surface area contributed by atoms with Gasteiger partial charge in [-0.1, -0.05) is 5.21 Å². The number of nitrogens with two attached hydrogens (primary N) is 1. The smallest absolute Gasteiger partial charge is 0.168 e. The maximum Gasteiger partial charge on any atom is 0.168 e. The molecule has 0 saturated heterocycles. The van der Waals surface area contributed by atoms with Crippen molar-refractivity contribution in [3.63, 3.8) is 0 Å². The summed E-state index contributed by atoms with van der Waals surface area (Å²) in [7, 11) is 1.69. The minimum absolute atomic E-state index is 0.0128. The van der Waals surface area contributed by atoms with Crippen molar-refractivity contribution in [2.75, 3.05) is 6.54 Å². The van der Waals surface area contributed by atoms with Crippen LogP contribution in [-0.2, 0) is 12.7 Å². The predicted molar refractivity (Wildman–Crippen MR) is 45.6 cm³/mol. The van der Waals surface area contributed by atoms with Gasteiger partial charge in [-0.15, -0.1) is 5.10 Å². The molecule has 2 N–H and O–H groups in total. The van der Waals surface area contributed by atoms with Crippen molar-refractivity contribution in [1.29, 1.82) is 0 Å². The van der Waals surface area contributed by atoms with Gasteiger partial charge in [-0.3, -0.25) is 0 Å². The van der Waals surface area contributed by atoms with Gasteiger partial charge in [0.2, 0.25) is 0 Å². The minimum atomic E-state index is -1.42. The molecule has 1 heterocycles. The normalized spacial score (nSPS) is 21.5. The Morgan fingerprint density at radius 3 is 2.85 bits per heavy atom. The number of alkyl halides is 1. The van der Waals surface area contributed by atoms with Gasteiger partial charge in [0.05, 0.1) is 11.9 Å². The zero-order chi connectivity index (χ0) is 9.47. The first-order valence-corrected chi connectivity index (χ1v) is 4.42. The van der Waals surface area contributed by atoms with Gasteiger partial charge in [0.1, 0.15) is 0 Å². The highest BCUT2D eigenvalue weighted by molar-refractivity contribution is 5.14. The van der Waals surface area contributed by atoms with Gasteiger partial charge < -0.3 is 5.73 Å². The number of aromatic nitrogens is 3. The van der Waals surface area contributed by atoms with Gasteiger partial charge in [-0.25, -0.2) is 9.07 Å². The highest BCUT2D eigenvalue weighted by atomic mass is 19.1. The number of aryl methyl sites for hydroxylation is 1. The second-order valence-electron chi connectivity index (χ2n) is 3.58. The summed E-state index contributed by atoms with van der Waals surface area (Å²) in [6.07, 6.45) is 3.29. The van der Waals surface area contributed by atoms with Crippen LogP contribution < -0.4 is 5.73 Å². The van der Waals surface area contributed by atoms with Crippen molar-refractivity contribution in [2.24, 2.45) is 18.7 Å². The molecular formula is C8H13FN4. The fraction of sp³-hybridized carbons (Fsp3) is 0.750. The van der Waals surface area contributed by atoms with Crippen LogP contribution in [0.1, 0.15) is 18.5 Å². The summed E-state index contributed by atoms with van der Waals surface area (Å²) < 4.78 is 15.8. The fourth-order valence-electron chi connectivity index (χ4n) is 1.69. The van der Waals surface area contributed by atoms with Crippen molar-refractivity contribution in [3.05, 3.63) is 11.9 Å². The third-order valence-corrected chi connectivity index (χ3v) is 2.66. The van der Waals surface area contributed by atoms with Crippen LogP contribution in [0.3, 0.4) is 0 Å². The van der Waals surface area contributed by atoms with Gasteiger partial charge in [0.15, 0.2) is 5.67 Å². The number of halogens is 1. The maximum absolute atomic E-state index is 14.3. The number of hydrogen-bond donors (Lipinski definition) is 1. The Kier molecular flexibility index (Phi) is 1.83. The van der Waals surface area contributed by atoms with Crippen molar-refractivity contribution < 1.29 is 4.39 Å². The maximum atomic E-state index is 14.3.